The van der Waals surface area contributed by atoms with Gasteiger partial charge in [0.25, 0.3) is 5.91 Å². The lowest BCUT2D eigenvalue weighted by Gasteiger charge is -2.07. The monoisotopic (exact) mass is 399 g/mol. The third-order valence-corrected chi connectivity index (χ3v) is 3.81. The van der Waals surface area contributed by atoms with Crippen molar-refractivity contribution in [1.82, 2.24) is 0 Å². The van der Waals surface area contributed by atoms with Gasteiger partial charge >= 0.3 is 0 Å². The van der Waals surface area contributed by atoms with Gasteiger partial charge in [-0.2, -0.15) is 0 Å². The Morgan fingerprint density at radius 3 is 2.70 bits per heavy atom. The van der Waals surface area contributed by atoms with Crippen LogP contribution < -0.4 is 5.32 Å². The predicted molar refractivity (Wildman–Crippen MR) is 92.6 cm³/mol. The smallest absolute Gasteiger partial charge is 0.255 e. The van der Waals surface area contributed by atoms with E-state index in [2.05, 4.69) is 27.9 Å². The van der Waals surface area contributed by atoms with Crippen LogP contribution in [0.1, 0.15) is 22.3 Å². The first-order chi connectivity index (χ1) is 9.69. The van der Waals surface area contributed by atoms with Gasteiger partial charge in [0, 0.05) is 20.7 Å². The van der Waals surface area contributed by atoms with Crippen LogP contribution in [-0.2, 0) is 6.42 Å². The van der Waals surface area contributed by atoms with Crippen LogP contribution in [0.4, 0.5) is 5.69 Å². The van der Waals surface area contributed by atoms with Gasteiger partial charge in [-0.05, 0) is 71.3 Å². The molecule has 0 unspecified atom stereocenters. The number of halogens is 2. The van der Waals surface area contributed by atoms with Gasteiger partial charge < -0.3 is 5.32 Å². The summed E-state index contributed by atoms with van der Waals surface area (Å²) in [5.74, 6) is 0.567. The summed E-state index contributed by atoms with van der Waals surface area (Å²) in [7, 11) is 0. The van der Waals surface area contributed by atoms with Gasteiger partial charge in [0.2, 0.25) is 0 Å². The maximum absolute atomic E-state index is 12.2. The Hall–Kier alpha value is -1.07. The number of alkyl halides is 1. The molecule has 0 spiro atoms. The fourth-order valence-corrected chi connectivity index (χ4v) is 2.59. The van der Waals surface area contributed by atoms with E-state index in [4.69, 9.17) is 11.6 Å². The lowest BCUT2D eigenvalue weighted by Crippen LogP contribution is -2.12. The van der Waals surface area contributed by atoms with Crippen LogP contribution in [0, 0.1) is 3.57 Å². The van der Waals surface area contributed by atoms with Crippen LogP contribution in [0.5, 0.6) is 0 Å². The molecule has 0 atom stereocenters. The second-order valence-electron chi connectivity index (χ2n) is 4.46. The van der Waals surface area contributed by atoms with Crippen molar-refractivity contribution in [3.05, 3.63) is 63.2 Å². The molecule has 0 aliphatic carbocycles. The molecule has 0 heterocycles. The molecule has 0 aliphatic rings. The standard InChI is InChI=1S/C16H15ClINO/c17-9-3-5-12-4-1-8-15(10-12)19-16(20)13-6-2-7-14(18)11-13/h1-2,4,6-8,10-11H,3,5,9H2,(H,19,20). The van der Waals surface area contributed by atoms with Gasteiger partial charge in [-0.15, -0.1) is 11.6 Å². The summed E-state index contributed by atoms with van der Waals surface area (Å²) in [6, 6.07) is 15.4. The quantitative estimate of drug-likeness (QED) is 0.572. The van der Waals surface area contributed by atoms with E-state index in [9.17, 15) is 4.79 Å². The Morgan fingerprint density at radius 2 is 1.95 bits per heavy atom. The second kappa shape index (κ2) is 7.64. The van der Waals surface area contributed by atoms with Gasteiger partial charge in [0.15, 0.2) is 0 Å². The summed E-state index contributed by atoms with van der Waals surface area (Å²) >= 11 is 7.90. The van der Waals surface area contributed by atoms with Gasteiger partial charge in [0.05, 0.1) is 0 Å². The summed E-state index contributed by atoms with van der Waals surface area (Å²) in [6.07, 6.45) is 1.87. The van der Waals surface area contributed by atoms with Crippen LogP contribution in [0.2, 0.25) is 0 Å². The molecule has 2 rings (SSSR count). The van der Waals surface area contributed by atoms with Crippen molar-refractivity contribution in [3.63, 3.8) is 0 Å². The first-order valence-corrected chi connectivity index (χ1v) is 8.02. The lowest BCUT2D eigenvalue weighted by molar-refractivity contribution is 0.102. The van der Waals surface area contributed by atoms with Crippen molar-refractivity contribution >= 4 is 45.8 Å². The minimum absolute atomic E-state index is 0.0852. The molecule has 0 aliphatic heterocycles. The largest absolute Gasteiger partial charge is 0.322 e. The topological polar surface area (TPSA) is 29.1 Å². The third-order valence-electron chi connectivity index (χ3n) is 2.87. The first-order valence-electron chi connectivity index (χ1n) is 6.41. The molecular formula is C16H15ClINO. The number of nitrogens with one attached hydrogen (secondary N) is 1. The van der Waals surface area contributed by atoms with Crippen LogP contribution in [0.3, 0.4) is 0 Å². The number of anilines is 1. The van der Waals surface area contributed by atoms with E-state index in [1.165, 1.54) is 5.56 Å². The van der Waals surface area contributed by atoms with Gasteiger partial charge in [-0.1, -0.05) is 18.2 Å². The number of rotatable bonds is 5. The van der Waals surface area contributed by atoms with Crippen LogP contribution >= 0.6 is 34.2 Å². The Labute approximate surface area is 137 Å². The molecular weight excluding hydrogens is 385 g/mol. The SMILES string of the molecule is O=C(Nc1cccc(CCCCl)c1)c1cccc(I)c1. The molecule has 0 saturated carbocycles. The molecule has 1 N–H and O–H groups in total. The highest BCUT2D eigenvalue weighted by atomic mass is 127. The maximum Gasteiger partial charge on any atom is 0.255 e. The molecule has 0 bridgehead atoms. The number of benzene rings is 2. The average Bonchev–Trinajstić information content (AvgIpc) is 2.45. The van der Waals surface area contributed by atoms with Crippen LogP contribution in [-0.4, -0.2) is 11.8 Å². The molecule has 2 nitrogen and oxygen atoms in total. The normalized spacial score (nSPS) is 10.3. The molecule has 2 aromatic carbocycles. The molecule has 1 amide bonds. The molecule has 0 aromatic heterocycles. The fraction of sp³-hybridized carbons (Fsp3) is 0.188. The summed E-state index contributed by atoms with van der Waals surface area (Å²) < 4.78 is 1.05. The van der Waals surface area contributed by atoms with E-state index in [0.29, 0.717) is 11.4 Å². The fourth-order valence-electron chi connectivity index (χ4n) is 1.91. The van der Waals surface area contributed by atoms with E-state index in [1.54, 1.807) is 0 Å². The number of carbonyl (C=O) groups excluding carboxylic acids is 1. The zero-order valence-corrected chi connectivity index (χ0v) is 13.8. The highest BCUT2D eigenvalue weighted by molar-refractivity contribution is 14.1. The number of hydrogen-bond donors (Lipinski definition) is 1. The van der Waals surface area contributed by atoms with Crippen LogP contribution in [0.25, 0.3) is 0 Å². The number of hydrogen-bond acceptors (Lipinski definition) is 1. The van der Waals surface area contributed by atoms with E-state index in [-0.39, 0.29) is 5.91 Å². The van der Waals surface area contributed by atoms with Crippen molar-refractivity contribution in [2.75, 3.05) is 11.2 Å². The Bertz CT molecular complexity index is 601. The molecule has 0 radical (unpaired) electrons. The molecule has 0 fully saturated rings. The average molecular weight is 400 g/mol. The van der Waals surface area contributed by atoms with E-state index in [1.807, 2.05) is 48.5 Å². The van der Waals surface area contributed by atoms with Gasteiger partial charge in [-0.3, -0.25) is 4.79 Å². The number of aryl methyl sites for hydroxylation is 1. The summed E-state index contributed by atoms with van der Waals surface area (Å²) in [4.78, 5) is 12.2. The molecule has 20 heavy (non-hydrogen) atoms. The Balaban J connectivity index is 2.07. The second-order valence-corrected chi connectivity index (χ2v) is 6.08. The Morgan fingerprint density at radius 1 is 1.15 bits per heavy atom. The zero-order valence-electron chi connectivity index (χ0n) is 10.9. The Kier molecular flexibility index (Phi) is 5.86. The molecule has 4 heteroatoms. The zero-order chi connectivity index (χ0) is 14.4. The highest BCUT2D eigenvalue weighted by Crippen LogP contribution is 2.15. The summed E-state index contributed by atoms with van der Waals surface area (Å²) in [6.45, 7) is 0. The van der Waals surface area contributed by atoms with E-state index < -0.39 is 0 Å². The van der Waals surface area contributed by atoms with Gasteiger partial charge in [-0.25, -0.2) is 0 Å². The summed E-state index contributed by atoms with van der Waals surface area (Å²) in [5, 5.41) is 2.93. The van der Waals surface area contributed by atoms with Crippen molar-refractivity contribution in [1.29, 1.82) is 0 Å². The third kappa shape index (κ3) is 4.49. The highest BCUT2D eigenvalue weighted by Gasteiger charge is 2.06. The van der Waals surface area contributed by atoms with Crippen molar-refractivity contribution in [2.45, 2.75) is 12.8 Å². The minimum Gasteiger partial charge on any atom is -0.322 e. The van der Waals surface area contributed by atoms with Gasteiger partial charge in [0.1, 0.15) is 0 Å². The first kappa shape index (κ1) is 15.3. The van der Waals surface area contributed by atoms with E-state index >= 15 is 0 Å². The minimum atomic E-state index is -0.0852. The van der Waals surface area contributed by atoms with Crippen molar-refractivity contribution < 1.29 is 4.79 Å². The van der Waals surface area contributed by atoms with Crippen molar-refractivity contribution in [2.24, 2.45) is 0 Å². The number of carbonyl (C=O) groups is 1. The molecule has 104 valence electrons. The maximum atomic E-state index is 12.2. The molecule has 2 aromatic rings. The molecule has 0 saturated heterocycles. The van der Waals surface area contributed by atoms with Crippen molar-refractivity contribution in [3.8, 4) is 0 Å². The number of amides is 1. The lowest BCUT2D eigenvalue weighted by atomic mass is 10.1. The summed E-state index contributed by atoms with van der Waals surface area (Å²) in [5.41, 5.74) is 2.68. The van der Waals surface area contributed by atoms with E-state index in [0.717, 1.165) is 22.1 Å². The van der Waals surface area contributed by atoms with Crippen LogP contribution in [0.15, 0.2) is 48.5 Å². The predicted octanol–water partition coefficient (Wildman–Crippen LogP) is 4.71.